The maximum Gasteiger partial charge on any atom is 0.243 e. The normalized spacial score (nSPS) is 15.6. The van der Waals surface area contributed by atoms with E-state index in [9.17, 15) is 13.2 Å². The summed E-state index contributed by atoms with van der Waals surface area (Å²) in [5, 5.41) is 2.87. The van der Waals surface area contributed by atoms with Crippen LogP contribution in [0.15, 0.2) is 41.4 Å². The van der Waals surface area contributed by atoms with Gasteiger partial charge in [0.2, 0.25) is 21.8 Å². The van der Waals surface area contributed by atoms with Crippen molar-refractivity contribution in [2.45, 2.75) is 31.6 Å². The molecule has 31 heavy (non-hydrogen) atoms. The molecule has 1 saturated heterocycles. The number of hydrogen-bond acceptors (Lipinski definition) is 6. The fraction of sp³-hybridized carbons (Fsp3) is 0.455. The summed E-state index contributed by atoms with van der Waals surface area (Å²) < 4.78 is 37.9. The Balaban J connectivity index is 1.61. The van der Waals surface area contributed by atoms with Crippen LogP contribution in [0, 0.1) is 19.8 Å². The molecule has 0 atom stereocenters. The van der Waals surface area contributed by atoms with Gasteiger partial charge in [-0.15, -0.1) is 0 Å². The molecule has 3 rings (SSSR count). The summed E-state index contributed by atoms with van der Waals surface area (Å²) >= 11 is 0. The fourth-order valence-corrected chi connectivity index (χ4v) is 4.99. The average molecular weight is 448 g/mol. The third-order valence-corrected chi connectivity index (χ3v) is 7.39. The van der Waals surface area contributed by atoms with Gasteiger partial charge >= 0.3 is 0 Å². The maximum absolute atomic E-state index is 13.0. The van der Waals surface area contributed by atoms with E-state index in [0.29, 0.717) is 55.6 Å². The van der Waals surface area contributed by atoms with E-state index in [1.165, 1.54) is 4.31 Å². The number of carbonyl (C=O) groups is 1. The van der Waals surface area contributed by atoms with Gasteiger partial charge < -0.3 is 14.8 Å². The molecule has 0 aliphatic carbocycles. The van der Waals surface area contributed by atoms with Gasteiger partial charge in [0.1, 0.15) is 12.3 Å². The zero-order valence-corrected chi connectivity index (χ0v) is 18.9. The lowest BCUT2D eigenvalue weighted by atomic mass is 9.97. The number of carbonyl (C=O) groups excluding carboxylic acids is 1. The predicted octanol–water partition coefficient (Wildman–Crippen LogP) is 2.76. The molecule has 1 aliphatic heterocycles. The van der Waals surface area contributed by atoms with Crippen molar-refractivity contribution < 1.29 is 22.7 Å². The molecule has 1 N–H and O–H groups in total. The zero-order valence-electron chi connectivity index (χ0n) is 18.1. The summed E-state index contributed by atoms with van der Waals surface area (Å²) in [6.07, 6.45) is 2.50. The standard InChI is InChI=1S/C22H29N3O5S/c1-16-6-7-19(15-17(16)2)31(27,28)25-11-8-18(9-12-25)21(26)24-20-5-4-10-23-22(20)30-14-13-29-3/h4-7,10,15,18H,8-9,11-14H2,1-3H3,(H,24,26). The van der Waals surface area contributed by atoms with Crippen molar-refractivity contribution in [2.75, 3.05) is 38.7 Å². The van der Waals surface area contributed by atoms with Crippen LogP contribution in [-0.4, -0.2) is 57.0 Å². The van der Waals surface area contributed by atoms with Crippen molar-refractivity contribution in [3.63, 3.8) is 0 Å². The second-order valence-corrected chi connectivity index (χ2v) is 9.55. The number of amides is 1. The molecule has 0 saturated carbocycles. The van der Waals surface area contributed by atoms with Crippen molar-refractivity contribution in [3.8, 4) is 5.88 Å². The Morgan fingerprint density at radius 3 is 2.58 bits per heavy atom. The lowest BCUT2D eigenvalue weighted by Gasteiger charge is -2.30. The number of aromatic nitrogens is 1. The number of benzene rings is 1. The van der Waals surface area contributed by atoms with Crippen LogP contribution in [0.5, 0.6) is 5.88 Å². The van der Waals surface area contributed by atoms with Gasteiger partial charge in [-0.3, -0.25) is 4.79 Å². The Morgan fingerprint density at radius 1 is 1.16 bits per heavy atom. The number of ether oxygens (including phenoxy) is 2. The van der Waals surface area contributed by atoms with Crippen molar-refractivity contribution >= 4 is 21.6 Å². The van der Waals surface area contributed by atoms with Gasteiger partial charge in [-0.2, -0.15) is 4.31 Å². The van der Waals surface area contributed by atoms with E-state index in [-0.39, 0.29) is 11.8 Å². The highest BCUT2D eigenvalue weighted by Crippen LogP contribution is 2.27. The first-order valence-corrected chi connectivity index (χ1v) is 11.7. The van der Waals surface area contributed by atoms with Crippen LogP contribution < -0.4 is 10.1 Å². The van der Waals surface area contributed by atoms with Crippen LogP contribution in [0.3, 0.4) is 0 Å². The largest absolute Gasteiger partial charge is 0.474 e. The SMILES string of the molecule is COCCOc1ncccc1NC(=O)C1CCN(S(=O)(=O)c2ccc(C)c(C)c2)CC1. The smallest absolute Gasteiger partial charge is 0.243 e. The Bertz CT molecular complexity index is 1020. The van der Waals surface area contributed by atoms with E-state index >= 15 is 0 Å². The monoisotopic (exact) mass is 447 g/mol. The van der Waals surface area contributed by atoms with Crippen molar-refractivity contribution in [1.82, 2.24) is 9.29 Å². The molecule has 0 unspecified atom stereocenters. The van der Waals surface area contributed by atoms with Gasteiger partial charge in [-0.1, -0.05) is 6.07 Å². The second-order valence-electron chi connectivity index (χ2n) is 7.61. The number of nitrogens with zero attached hydrogens (tertiary/aromatic N) is 2. The van der Waals surface area contributed by atoms with E-state index in [2.05, 4.69) is 10.3 Å². The van der Waals surface area contributed by atoms with E-state index in [0.717, 1.165) is 11.1 Å². The van der Waals surface area contributed by atoms with Gasteiger partial charge in [-0.05, 0) is 62.1 Å². The van der Waals surface area contributed by atoms with Crippen LogP contribution >= 0.6 is 0 Å². The lowest BCUT2D eigenvalue weighted by Crippen LogP contribution is -2.41. The maximum atomic E-state index is 13.0. The highest BCUT2D eigenvalue weighted by atomic mass is 32.2. The van der Waals surface area contributed by atoms with Gasteiger partial charge in [0.15, 0.2) is 0 Å². The molecule has 0 bridgehead atoms. The first-order valence-electron chi connectivity index (χ1n) is 10.3. The van der Waals surface area contributed by atoms with Gasteiger partial charge in [0, 0.05) is 32.3 Å². The number of pyridine rings is 1. The summed E-state index contributed by atoms with van der Waals surface area (Å²) in [5.41, 5.74) is 2.49. The molecular weight excluding hydrogens is 418 g/mol. The molecule has 1 fully saturated rings. The summed E-state index contributed by atoms with van der Waals surface area (Å²) in [5.74, 6) is -0.103. The Hall–Kier alpha value is -2.49. The van der Waals surface area contributed by atoms with Gasteiger partial charge in [0.05, 0.1) is 11.5 Å². The molecule has 1 aliphatic rings. The summed E-state index contributed by atoms with van der Waals surface area (Å²) in [6, 6.07) is 8.62. The lowest BCUT2D eigenvalue weighted by molar-refractivity contribution is -0.120. The van der Waals surface area contributed by atoms with Crippen LogP contribution in [0.2, 0.25) is 0 Å². The van der Waals surface area contributed by atoms with E-state index in [1.54, 1.807) is 37.6 Å². The van der Waals surface area contributed by atoms with Crippen molar-refractivity contribution in [2.24, 2.45) is 5.92 Å². The summed E-state index contributed by atoms with van der Waals surface area (Å²) in [4.78, 5) is 17.2. The number of piperidine rings is 1. The van der Waals surface area contributed by atoms with Gasteiger partial charge in [0.25, 0.3) is 0 Å². The Kier molecular flexibility index (Phi) is 7.64. The number of methoxy groups -OCH3 is 1. The summed E-state index contributed by atoms with van der Waals surface area (Å²) in [7, 11) is -1.99. The molecule has 9 heteroatoms. The molecule has 1 amide bonds. The van der Waals surface area contributed by atoms with E-state index in [1.807, 2.05) is 19.9 Å². The highest BCUT2D eigenvalue weighted by Gasteiger charge is 2.32. The Morgan fingerprint density at radius 2 is 1.90 bits per heavy atom. The molecular formula is C22H29N3O5S. The third kappa shape index (κ3) is 5.61. The minimum absolute atomic E-state index is 0.159. The van der Waals surface area contributed by atoms with Crippen molar-refractivity contribution in [1.29, 1.82) is 0 Å². The summed E-state index contributed by atoms with van der Waals surface area (Å²) in [6.45, 7) is 5.19. The molecule has 2 aromatic rings. The van der Waals surface area contributed by atoms with E-state index in [4.69, 9.17) is 9.47 Å². The van der Waals surface area contributed by atoms with Crippen LogP contribution in [0.25, 0.3) is 0 Å². The molecule has 1 aromatic heterocycles. The third-order valence-electron chi connectivity index (χ3n) is 5.50. The first-order chi connectivity index (χ1) is 14.8. The Labute approximate surface area is 183 Å². The second kappa shape index (κ2) is 10.2. The molecule has 8 nitrogen and oxygen atoms in total. The number of rotatable bonds is 8. The number of sulfonamides is 1. The number of aryl methyl sites for hydroxylation is 2. The molecule has 0 radical (unpaired) electrons. The highest BCUT2D eigenvalue weighted by molar-refractivity contribution is 7.89. The number of anilines is 1. The van der Waals surface area contributed by atoms with Crippen LogP contribution in [0.4, 0.5) is 5.69 Å². The molecule has 2 heterocycles. The first kappa shape index (κ1) is 23.2. The van der Waals surface area contributed by atoms with Crippen molar-refractivity contribution in [3.05, 3.63) is 47.7 Å². The van der Waals surface area contributed by atoms with Crippen LogP contribution in [0.1, 0.15) is 24.0 Å². The minimum Gasteiger partial charge on any atom is -0.474 e. The van der Waals surface area contributed by atoms with E-state index < -0.39 is 10.0 Å². The molecule has 0 spiro atoms. The number of hydrogen-bond donors (Lipinski definition) is 1. The zero-order chi connectivity index (χ0) is 22.4. The fourth-order valence-electron chi connectivity index (χ4n) is 3.44. The quantitative estimate of drug-likeness (QED) is 0.625. The number of nitrogens with one attached hydrogen (secondary N) is 1. The minimum atomic E-state index is -3.57. The van der Waals surface area contributed by atoms with Gasteiger partial charge in [-0.25, -0.2) is 13.4 Å². The molecule has 168 valence electrons. The topological polar surface area (TPSA) is 97.8 Å². The average Bonchev–Trinajstić information content (AvgIpc) is 2.77. The predicted molar refractivity (Wildman–Crippen MR) is 118 cm³/mol. The molecule has 1 aromatic carbocycles. The van der Waals surface area contributed by atoms with Crippen LogP contribution in [-0.2, 0) is 19.6 Å².